The maximum absolute atomic E-state index is 12.3. The fourth-order valence-electron chi connectivity index (χ4n) is 2.71. The predicted octanol–water partition coefficient (Wildman–Crippen LogP) is 3.54. The summed E-state index contributed by atoms with van der Waals surface area (Å²) in [6, 6.07) is 18.8. The number of nitrogens with one attached hydrogen (secondary N) is 1. The summed E-state index contributed by atoms with van der Waals surface area (Å²) in [6.07, 6.45) is 0. The Morgan fingerprint density at radius 1 is 0.957 bits per heavy atom. The highest BCUT2D eigenvalue weighted by Crippen LogP contribution is 2.22. The summed E-state index contributed by atoms with van der Waals surface area (Å²) >= 11 is 0. The second kappa shape index (κ2) is 8.49. The summed E-state index contributed by atoms with van der Waals surface area (Å²) in [5, 5.41) is 3.43. The summed E-state index contributed by atoms with van der Waals surface area (Å²) in [6.45, 7) is 7.94. The highest BCUT2D eigenvalue weighted by atomic mass is 16.2. The molecule has 1 atom stereocenters. The Balaban J connectivity index is 2.18. The lowest BCUT2D eigenvalue weighted by Gasteiger charge is -2.23. The molecule has 3 heteroatoms. The van der Waals surface area contributed by atoms with Gasteiger partial charge in [-0.1, -0.05) is 60.2 Å². The minimum atomic E-state index is 0.0244. The van der Waals surface area contributed by atoms with Gasteiger partial charge in [-0.05, 0) is 31.9 Å². The van der Waals surface area contributed by atoms with Gasteiger partial charge in [0.15, 0.2) is 0 Å². The van der Waals surface area contributed by atoms with Crippen LogP contribution in [0.15, 0.2) is 54.6 Å². The molecule has 2 aromatic carbocycles. The molecule has 1 unspecified atom stereocenters. The molecule has 1 N–H and O–H groups in total. The SMILES string of the molecule is CCN(CC)C(=O)CNC(c1ccccc1)c1ccc(C)cc1. The summed E-state index contributed by atoms with van der Waals surface area (Å²) in [4.78, 5) is 14.1. The molecule has 0 aliphatic carbocycles. The number of hydrogen-bond donors (Lipinski definition) is 1. The van der Waals surface area contributed by atoms with Gasteiger partial charge in [-0.15, -0.1) is 0 Å². The second-order valence-electron chi connectivity index (χ2n) is 5.70. The molecule has 0 bridgehead atoms. The maximum atomic E-state index is 12.3. The summed E-state index contributed by atoms with van der Waals surface area (Å²) in [7, 11) is 0. The van der Waals surface area contributed by atoms with Gasteiger partial charge in [0, 0.05) is 13.1 Å². The van der Waals surface area contributed by atoms with Gasteiger partial charge in [-0.3, -0.25) is 10.1 Å². The Labute approximate surface area is 139 Å². The number of nitrogens with zero attached hydrogens (tertiary/aromatic N) is 1. The fourth-order valence-corrected chi connectivity index (χ4v) is 2.71. The molecular formula is C20H26N2O. The van der Waals surface area contributed by atoms with Gasteiger partial charge in [0.05, 0.1) is 12.6 Å². The first kappa shape index (κ1) is 17.2. The lowest BCUT2D eigenvalue weighted by molar-refractivity contribution is -0.129. The van der Waals surface area contributed by atoms with Gasteiger partial charge in [0.25, 0.3) is 0 Å². The van der Waals surface area contributed by atoms with Crippen molar-refractivity contribution in [3.63, 3.8) is 0 Å². The van der Waals surface area contributed by atoms with E-state index in [-0.39, 0.29) is 11.9 Å². The Morgan fingerprint density at radius 2 is 1.52 bits per heavy atom. The first-order chi connectivity index (χ1) is 11.2. The molecule has 0 fully saturated rings. The molecule has 1 amide bonds. The molecule has 0 aromatic heterocycles. The summed E-state index contributed by atoms with van der Waals surface area (Å²) in [5.41, 5.74) is 3.58. The molecule has 2 aromatic rings. The summed E-state index contributed by atoms with van der Waals surface area (Å²) < 4.78 is 0. The van der Waals surface area contributed by atoms with Gasteiger partial charge in [0.1, 0.15) is 0 Å². The molecule has 0 aliphatic rings. The number of rotatable bonds is 7. The van der Waals surface area contributed by atoms with Gasteiger partial charge in [-0.2, -0.15) is 0 Å². The van der Waals surface area contributed by atoms with E-state index in [1.165, 1.54) is 16.7 Å². The van der Waals surface area contributed by atoms with E-state index in [4.69, 9.17) is 0 Å². The molecule has 122 valence electrons. The van der Waals surface area contributed by atoms with Crippen LogP contribution in [0.4, 0.5) is 0 Å². The number of hydrogen-bond acceptors (Lipinski definition) is 2. The van der Waals surface area contributed by atoms with E-state index in [2.05, 4.69) is 48.6 Å². The zero-order chi connectivity index (χ0) is 16.7. The average molecular weight is 310 g/mol. The van der Waals surface area contributed by atoms with Crippen molar-refractivity contribution in [3.8, 4) is 0 Å². The largest absolute Gasteiger partial charge is 0.342 e. The molecule has 3 nitrogen and oxygen atoms in total. The van der Waals surface area contributed by atoms with Crippen LogP contribution in [0.1, 0.15) is 36.6 Å². The smallest absolute Gasteiger partial charge is 0.236 e. The Morgan fingerprint density at radius 3 is 2.09 bits per heavy atom. The number of aryl methyl sites for hydroxylation is 1. The number of carbonyl (C=O) groups is 1. The first-order valence-corrected chi connectivity index (χ1v) is 8.28. The zero-order valence-corrected chi connectivity index (χ0v) is 14.3. The average Bonchev–Trinajstić information content (AvgIpc) is 2.58. The third-order valence-corrected chi connectivity index (χ3v) is 4.12. The Bertz CT molecular complexity index is 603. The third-order valence-electron chi connectivity index (χ3n) is 4.12. The first-order valence-electron chi connectivity index (χ1n) is 8.28. The van der Waals surface area contributed by atoms with Crippen LogP contribution in [0.25, 0.3) is 0 Å². The standard InChI is InChI=1S/C20H26N2O/c1-4-22(5-2)19(23)15-21-20(17-9-7-6-8-10-17)18-13-11-16(3)12-14-18/h6-14,20-21H,4-5,15H2,1-3H3. The lowest BCUT2D eigenvalue weighted by atomic mass is 9.98. The van der Waals surface area contributed by atoms with Crippen molar-refractivity contribution >= 4 is 5.91 Å². The van der Waals surface area contributed by atoms with Gasteiger partial charge < -0.3 is 4.90 Å². The zero-order valence-electron chi connectivity index (χ0n) is 14.3. The molecule has 0 heterocycles. The minimum Gasteiger partial charge on any atom is -0.342 e. The molecular weight excluding hydrogens is 284 g/mol. The van der Waals surface area contributed by atoms with Gasteiger partial charge in [-0.25, -0.2) is 0 Å². The van der Waals surface area contributed by atoms with Crippen molar-refractivity contribution in [3.05, 3.63) is 71.3 Å². The molecule has 23 heavy (non-hydrogen) atoms. The van der Waals surface area contributed by atoms with E-state index >= 15 is 0 Å². The van der Waals surface area contributed by atoms with E-state index in [0.29, 0.717) is 6.54 Å². The highest BCUT2D eigenvalue weighted by Gasteiger charge is 2.16. The molecule has 0 saturated carbocycles. The highest BCUT2D eigenvalue weighted by molar-refractivity contribution is 5.78. The predicted molar refractivity (Wildman–Crippen MR) is 95.4 cm³/mol. The van der Waals surface area contributed by atoms with Crippen molar-refractivity contribution in [2.24, 2.45) is 0 Å². The third kappa shape index (κ3) is 4.67. The van der Waals surface area contributed by atoms with E-state index < -0.39 is 0 Å². The van der Waals surface area contributed by atoms with E-state index in [1.54, 1.807) is 0 Å². The normalized spacial score (nSPS) is 12.0. The van der Waals surface area contributed by atoms with Crippen LogP contribution in [0, 0.1) is 6.92 Å². The summed E-state index contributed by atoms with van der Waals surface area (Å²) in [5.74, 6) is 0.142. The number of benzene rings is 2. The van der Waals surface area contributed by atoms with Crippen molar-refractivity contribution < 1.29 is 4.79 Å². The van der Waals surface area contributed by atoms with Crippen molar-refractivity contribution in [1.82, 2.24) is 10.2 Å². The Kier molecular flexibility index (Phi) is 6.36. The number of likely N-dealkylation sites (N-methyl/N-ethyl adjacent to an activating group) is 1. The quantitative estimate of drug-likeness (QED) is 0.848. The number of amides is 1. The minimum absolute atomic E-state index is 0.0244. The monoisotopic (exact) mass is 310 g/mol. The van der Waals surface area contributed by atoms with Crippen LogP contribution in [0.5, 0.6) is 0 Å². The van der Waals surface area contributed by atoms with Gasteiger partial charge >= 0.3 is 0 Å². The molecule has 0 spiro atoms. The van der Waals surface area contributed by atoms with Crippen LogP contribution < -0.4 is 5.32 Å². The molecule has 2 rings (SSSR count). The van der Waals surface area contributed by atoms with Crippen molar-refractivity contribution in [1.29, 1.82) is 0 Å². The van der Waals surface area contributed by atoms with Crippen LogP contribution in [0.3, 0.4) is 0 Å². The molecule has 0 radical (unpaired) electrons. The lowest BCUT2D eigenvalue weighted by Crippen LogP contribution is -2.39. The van der Waals surface area contributed by atoms with Crippen molar-refractivity contribution in [2.45, 2.75) is 26.8 Å². The number of carbonyl (C=O) groups excluding carboxylic acids is 1. The van der Waals surface area contributed by atoms with Crippen LogP contribution >= 0.6 is 0 Å². The topological polar surface area (TPSA) is 32.3 Å². The fraction of sp³-hybridized carbons (Fsp3) is 0.350. The van der Waals surface area contributed by atoms with E-state index in [1.807, 2.05) is 36.9 Å². The van der Waals surface area contributed by atoms with E-state index in [0.717, 1.165) is 13.1 Å². The van der Waals surface area contributed by atoms with Crippen LogP contribution in [-0.2, 0) is 4.79 Å². The maximum Gasteiger partial charge on any atom is 0.236 e. The molecule has 0 saturated heterocycles. The van der Waals surface area contributed by atoms with Crippen LogP contribution in [0.2, 0.25) is 0 Å². The van der Waals surface area contributed by atoms with Crippen LogP contribution in [-0.4, -0.2) is 30.4 Å². The van der Waals surface area contributed by atoms with Crippen molar-refractivity contribution in [2.75, 3.05) is 19.6 Å². The molecule has 0 aliphatic heterocycles. The van der Waals surface area contributed by atoms with Gasteiger partial charge in [0.2, 0.25) is 5.91 Å². The van der Waals surface area contributed by atoms with E-state index in [9.17, 15) is 4.79 Å². The Hall–Kier alpha value is -2.13. The second-order valence-corrected chi connectivity index (χ2v) is 5.70.